The molecule has 0 aliphatic carbocycles. The van der Waals surface area contributed by atoms with E-state index >= 15 is 0 Å². The van der Waals surface area contributed by atoms with Gasteiger partial charge in [0.2, 0.25) is 0 Å². The van der Waals surface area contributed by atoms with Gasteiger partial charge in [0.1, 0.15) is 0 Å². The van der Waals surface area contributed by atoms with Crippen LogP contribution in [0.2, 0.25) is 0 Å². The number of rotatable bonds is 7. The monoisotopic (exact) mass is 763 g/mol. The molecule has 5 heteroatoms. The van der Waals surface area contributed by atoms with Gasteiger partial charge in [-0.15, -0.1) is 0 Å². The highest BCUT2D eigenvalue weighted by Crippen LogP contribution is 2.43. The number of pyridine rings is 1. The van der Waals surface area contributed by atoms with Crippen LogP contribution in [0.4, 0.5) is 17.1 Å². The lowest BCUT2D eigenvalue weighted by Gasteiger charge is -2.25. The summed E-state index contributed by atoms with van der Waals surface area (Å²) < 4.78 is 2.38. The van der Waals surface area contributed by atoms with Crippen LogP contribution in [0.15, 0.2) is 188 Å². The molecule has 2 aromatic heterocycles. The SMILES string of the molecule is N#Cc1ccc(N(c2ccc(C#N)cc2)c2ccc(-c3c4ccccc4c(C=Cc4ccc5c6c4ccc4cccc(c46)n5-c4ccccc4)c4ccccc34)nc2)cc1. The molecule has 11 aromatic rings. The van der Waals surface area contributed by atoms with Gasteiger partial charge in [0.05, 0.1) is 51.9 Å². The zero-order chi connectivity index (χ0) is 40.2. The summed E-state index contributed by atoms with van der Waals surface area (Å²) in [6.07, 6.45) is 6.47. The van der Waals surface area contributed by atoms with Crippen molar-refractivity contribution in [2.24, 2.45) is 0 Å². The minimum atomic E-state index is 0.585. The molecule has 0 aliphatic rings. The molecule has 0 radical (unpaired) electrons. The molecule has 0 saturated heterocycles. The molecule has 5 nitrogen and oxygen atoms in total. The van der Waals surface area contributed by atoms with Crippen molar-refractivity contribution >= 4 is 83.3 Å². The molecule has 0 amide bonds. The molecule has 0 spiro atoms. The zero-order valence-electron chi connectivity index (χ0n) is 32.3. The van der Waals surface area contributed by atoms with Crippen LogP contribution in [0.3, 0.4) is 0 Å². The molecule has 0 N–H and O–H groups in total. The molecule has 11 rings (SSSR count). The van der Waals surface area contributed by atoms with E-state index in [0.717, 1.165) is 61.1 Å². The first-order chi connectivity index (χ1) is 29.7. The summed E-state index contributed by atoms with van der Waals surface area (Å²) in [6.45, 7) is 0. The molecule has 278 valence electrons. The second-order valence-electron chi connectivity index (χ2n) is 15.0. The van der Waals surface area contributed by atoms with E-state index in [1.807, 2.05) is 54.7 Å². The Balaban J connectivity index is 1.04. The van der Waals surface area contributed by atoms with Gasteiger partial charge in [0, 0.05) is 33.4 Å². The van der Waals surface area contributed by atoms with Crippen LogP contribution in [-0.4, -0.2) is 9.55 Å². The molecule has 9 aromatic carbocycles. The number of nitriles is 2. The van der Waals surface area contributed by atoms with Crippen LogP contribution in [0.1, 0.15) is 22.3 Å². The van der Waals surface area contributed by atoms with Crippen molar-refractivity contribution in [3.05, 3.63) is 210 Å². The van der Waals surface area contributed by atoms with Crippen molar-refractivity contribution in [3.63, 3.8) is 0 Å². The van der Waals surface area contributed by atoms with Gasteiger partial charge in [0.15, 0.2) is 0 Å². The van der Waals surface area contributed by atoms with Crippen molar-refractivity contribution in [2.45, 2.75) is 0 Å². The molecular weight excluding hydrogens is 731 g/mol. The minimum Gasteiger partial charge on any atom is -0.309 e. The second kappa shape index (κ2) is 14.1. The Morgan fingerprint density at radius 2 is 1.07 bits per heavy atom. The van der Waals surface area contributed by atoms with Crippen molar-refractivity contribution in [1.29, 1.82) is 10.5 Å². The van der Waals surface area contributed by atoms with Crippen LogP contribution < -0.4 is 4.90 Å². The van der Waals surface area contributed by atoms with Gasteiger partial charge in [-0.25, -0.2) is 0 Å². The van der Waals surface area contributed by atoms with Gasteiger partial charge in [0.25, 0.3) is 0 Å². The summed E-state index contributed by atoms with van der Waals surface area (Å²) in [7, 11) is 0. The molecule has 0 fully saturated rings. The Morgan fingerprint density at radius 3 is 1.68 bits per heavy atom. The quantitative estimate of drug-likeness (QED) is 0.0921. The summed E-state index contributed by atoms with van der Waals surface area (Å²) in [5.74, 6) is 0. The summed E-state index contributed by atoms with van der Waals surface area (Å²) in [6, 6.07) is 67.1. The lowest BCUT2D eigenvalue weighted by atomic mass is 9.89. The maximum Gasteiger partial charge on any atom is 0.0991 e. The first-order valence-corrected chi connectivity index (χ1v) is 19.9. The zero-order valence-corrected chi connectivity index (χ0v) is 32.3. The third-order valence-corrected chi connectivity index (χ3v) is 11.7. The van der Waals surface area contributed by atoms with E-state index in [0.29, 0.717) is 11.1 Å². The summed E-state index contributed by atoms with van der Waals surface area (Å²) >= 11 is 0. The Labute approximate surface area is 346 Å². The number of anilines is 3. The van der Waals surface area contributed by atoms with Gasteiger partial charge in [-0.1, -0.05) is 109 Å². The highest BCUT2D eigenvalue weighted by atomic mass is 15.1. The van der Waals surface area contributed by atoms with Crippen LogP contribution in [-0.2, 0) is 0 Å². The van der Waals surface area contributed by atoms with E-state index < -0.39 is 0 Å². The molecule has 2 heterocycles. The third kappa shape index (κ3) is 5.57. The van der Waals surface area contributed by atoms with Gasteiger partial charge in [-0.05, 0) is 128 Å². The minimum absolute atomic E-state index is 0.585. The van der Waals surface area contributed by atoms with Crippen LogP contribution in [0, 0.1) is 22.7 Å². The number of hydrogen-bond donors (Lipinski definition) is 0. The van der Waals surface area contributed by atoms with Crippen LogP contribution >= 0.6 is 0 Å². The van der Waals surface area contributed by atoms with Gasteiger partial charge >= 0.3 is 0 Å². The molecule has 0 atom stereocenters. The Kier molecular flexibility index (Phi) is 8.19. The first kappa shape index (κ1) is 34.7. The highest BCUT2D eigenvalue weighted by molar-refractivity contribution is 6.26. The predicted octanol–water partition coefficient (Wildman–Crippen LogP) is 14.1. The van der Waals surface area contributed by atoms with E-state index in [1.54, 1.807) is 0 Å². The molecule has 0 bridgehead atoms. The predicted molar refractivity (Wildman–Crippen MR) is 247 cm³/mol. The topological polar surface area (TPSA) is 68.6 Å². The number of aromatic nitrogens is 2. The molecule has 0 saturated carbocycles. The average Bonchev–Trinajstić information content (AvgIpc) is 3.66. The molecular formula is C55H33N5. The fourth-order valence-electron chi connectivity index (χ4n) is 8.99. The van der Waals surface area contributed by atoms with E-state index in [9.17, 15) is 10.5 Å². The average molecular weight is 764 g/mol. The maximum atomic E-state index is 9.46. The molecule has 0 aliphatic heterocycles. The third-order valence-electron chi connectivity index (χ3n) is 11.7. The number of benzene rings is 9. The lowest BCUT2D eigenvalue weighted by Crippen LogP contribution is -2.10. The van der Waals surface area contributed by atoms with E-state index in [4.69, 9.17) is 4.98 Å². The number of hydrogen-bond acceptors (Lipinski definition) is 4. The standard InChI is InChI=1S/C55H33N5/c56-33-36-17-24-41(25-18-36)59(42-26-19-37(34-57)20-27-42)43-28-31-50(58-35-43)54-48-14-6-4-12-45(48)47(46-13-5-7-15-49(46)54)30-21-38-23-32-52-55-44(38)29-22-39-9-8-16-51(53(39)55)60(52)40-10-2-1-3-11-40/h1-32,35H. The summed E-state index contributed by atoms with van der Waals surface area (Å²) in [4.78, 5) is 7.23. The van der Waals surface area contributed by atoms with E-state index in [-0.39, 0.29) is 0 Å². The molecule has 60 heavy (non-hydrogen) atoms. The summed E-state index contributed by atoms with van der Waals surface area (Å²) in [5.41, 5.74) is 11.6. The maximum absolute atomic E-state index is 9.46. The lowest BCUT2D eigenvalue weighted by molar-refractivity contribution is 1.18. The van der Waals surface area contributed by atoms with Crippen LogP contribution in [0.5, 0.6) is 0 Å². The normalized spacial score (nSPS) is 11.6. The largest absolute Gasteiger partial charge is 0.309 e. The molecule has 0 unspecified atom stereocenters. The Hall–Kier alpha value is -8.51. The van der Waals surface area contributed by atoms with Crippen molar-refractivity contribution in [2.75, 3.05) is 4.90 Å². The van der Waals surface area contributed by atoms with Gasteiger partial charge in [-0.3, -0.25) is 4.98 Å². The number of para-hydroxylation sites is 1. The van der Waals surface area contributed by atoms with Gasteiger partial charge in [-0.2, -0.15) is 10.5 Å². The first-order valence-electron chi connectivity index (χ1n) is 19.9. The summed E-state index contributed by atoms with van der Waals surface area (Å²) in [5, 5.41) is 28.5. The van der Waals surface area contributed by atoms with Crippen molar-refractivity contribution in [1.82, 2.24) is 9.55 Å². The number of nitrogens with zero attached hydrogens (tertiary/aromatic N) is 5. The highest BCUT2D eigenvalue weighted by Gasteiger charge is 2.20. The Bertz CT molecular complexity index is 3420. The number of fused-ring (bicyclic) bond motifs is 2. The fourth-order valence-corrected chi connectivity index (χ4v) is 8.99. The van der Waals surface area contributed by atoms with Crippen molar-refractivity contribution < 1.29 is 0 Å². The van der Waals surface area contributed by atoms with E-state index in [2.05, 4.69) is 167 Å². The smallest absolute Gasteiger partial charge is 0.0991 e. The Morgan fingerprint density at radius 1 is 0.467 bits per heavy atom. The van der Waals surface area contributed by atoms with Crippen LogP contribution in [0.25, 0.3) is 83.2 Å². The fraction of sp³-hybridized carbons (Fsp3) is 0. The van der Waals surface area contributed by atoms with Crippen molar-refractivity contribution in [3.8, 4) is 29.1 Å². The van der Waals surface area contributed by atoms with Gasteiger partial charge < -0.3 is 9.47 Å². The van der Waals surface area contributed by atoms with E-state index in [1.165, 1.54) is 38.1 Å². The second-order valence-corrected chi connectivity index (χ2v) is 15.0.